The smallest absolute Gasteiger partial charge is 0.254 e. The molecule has 240 valence electrons. The highest BCUT2D eigenvalue weighted by Gasteiger charge is 2.60. The lowest BCUT2D eigenvalue weighted by Gasteiger charge is -2.53. The maximum absolute atomic E-state index is 12.5. The quantitative estimate of drug-likeness (QED) is 0.192. The van der Waals surface area contributed by atoms with Crippen molar-refractivity contribution in [2.75, 3.05) is 6.61 Å². The zero-order chi connectivity index (χ0) is 31.8. The molecule has 8 heteroatoms. The molecule has 2 aliphatic rings. The molecule has 4 aromatic rings. The minimum absolute atomic E-state index is 0.199. The highest BCUT2D eigenvalue weighted by molar-refractivity contribution is 5.92. The largest absolute Gasteiger partial charge is 0.378 e. The summed E-state index contributed by atoms with van der Waals surface area (Å²) in [6.45, 7) is 3.00. The molecule has 4 aromatic carbocycles. The average molecular weight is 624 g/mol. The van der Waals surface area contributed by atoms with E-state index in [1.807, 2.05) is 121 Å². The summed E-state index contributed by atoms with van der Waals surface area (Å²) in [7, 11) is 0. The highest BCUT2D eigenvalue weighted by Crippen LogP contribution is 2.37. The number of carbonyl (C=O) groups is 1. The summed E-state index contributed by atoms with van der Waals surface area (Å²) < 4.78 is 33.0. The fourth-order valence-corrected chi connectivity index (χ4v) is 5.99. The van der Waals surface area contributed by atoms with Crippen LogP contribution in [0.4, 0.5) is 0 Å². The molecule has 0 bridgehead atoms. The molecule has 6 rings (SSSR count). The number of ether oxygens (including phenoxy) is 5. The summed E-state index contributed by atoms with van der Waals surface area (Å²) in [5, 5.41) is 14.0. The van der Waals surface area contributed by atoms with Gasteiger partial charge in [0.05, 0.1) is 39.1 Å². The lowest BCUT2D eigenvalue weighted by Crippen LogP contribution is -2.79. The zero-order valence-corrected chi connectivity index (χ0v) is 25.9. The Hall–Kier alpha value is -3.89. The lowest BCUT2D eigenvalue weighted by atomic mass is 9.78. The van der Waals surface area contributed by atoms with E-state index in [0.29, 0.717) is 19.8 Å². The Kier molecular flexibility index (Phi) is 10.5. The fraction of sp³-hybridized carbons (Fsp3) is 0.342. The zero-order valence-electron chi connectivity index (χ0n) is 25.9. The molecule has 0 unspecified atom stereocenters. The summed E-state index contributed by atoms with van der Waals surface area (Å²) in [5.74, 6) is -0.455. The number of amides is 1. The molecule has 0 radical (unpaired) electrons. The summed E-state index contributed by atoms with van der Waals surface area (Å²) in [5.41, 5.74) is 2.37. The van der Waals surface area contributed by atoms with E-state index in [1.54, 1.807) is 0 Å². The van der Waals surface area contributed by atoms with Gasteiger partial charge in [0, 0.05) is 0 Å². The first-order valence-corrected chi connectivity index (χ1v) is 15.8. The number of rotatable bonds is 14. The molecule has 2 saturated heterocycles. The Morgan fingerprint density at radius 3 is 1.48 bits per heavy atom. The number of aliphatic hydroxyl groups is 1. The molecule has 1 amide bonds. The van der Waals surface area contributed by atoms with Gasteiger partial charge in [-0.25, -0.2) is 0 Å². The average Bonchev–Trinajstić information content (AvgIpc) is 3.10. The molecule has 0 aromatic heterocycles. The molecule has 7 atom stereocenters. The summed E-state index contributed by atoms with van der Waals surface area (Å²) in [6, 6.07) is 38.9. The van der Waals surface area contributed by atoms with E-state index >= 15 is 0 Å². The molecule has 0 saturated carbocycles. The summed E-state index contributed by atoms with van der Waals surface area (Å²) in [6.07, 6.45) is -3.28. The van der Waals surface area contributed by atoms with Crippen molar-refractivity contribution in [3.05, 3.63) is 144 Å². The second-order valence-electron chi connectivity index (χ2n) is 12.0. The van der Waals surface area contributed by atoms with Gasteiger partial charge in [-0.1, -0.05) is 121 Å². The van der Waals surface area contributed by atoms with Crippen LogP contribution in [0.25, 0.3) is 0 Å². The Labute approximate surface area is 270 Å². The Morgan fingerprint density at radius 1 is 0.630 bits per heavy atom. The molecule has 2 N–H and O–H groups in total. The SMILES string of the molecule is C[C@]1(O)C(=O)N[C@@H]1[C@@H]1O[C@H](COCc2ccccc2)[C@H](OCc2ccccc2)[C@H](OCc2ccccc2)[C@H]1OCc1ccccc1. The van der Waals surface area contributed by atoms with Gasteiger partial charge >= 0.3 is 0 Å². The van der Waals surface area contributed by atoms with Crippen molar-refractivity contribution in [2.45, 2.75) is 75.5 Å². The molecule has 2 fully saturated rings. The first-order valence-electron chi connectivity index (χ1n) is 15.8. The van der Waals surface area contributed by atoms with Crippen molar-refractivity contribution >= 4 is 5.91 Å². The standard InChI is InChI=1S/C38H41NO7/c1-38(41)36(39-37(38)40)35-34(45-25-30-20-12-5-13-21-30)33(44-24-29-18-10-4-11-19-29)32(43-23-28-16-8-3-9-17-28)31(46-35)26-42-22-27-14-6-2-7-15-27/h2-21,31-36,41H,22-26H2,1H3,(H,39,40)/t31-,32+,33+,34-,35-,36-,38-/m1/s1. The lowest BCUT2D eigenvalue weighted by molar-refractivity contribution is -0.287. The normalized spacial score (nSPS) is 27.5. The van der Waals surface area contributed by atoms with E-state index < -0.39 is 48.1 Å². The van der Waals surface area contributed by atoms with Gasteiger partial charge in [-0.15, -0.1) is 0 Å². The van der Waals surface area contributed by atoms with Gasteiger partial charge in [0.1, 0.15) is 30.5 Å². The molecule has 8 nitrogen and oxygen atoms in total. The van der Waals surface area contributed by atoms with Crippen molar-refractivity contribution in [1.82, 2.24) is 5.32 Å². The van der Waals surface area contributed by atoms with Crippen LogP contribution < -0.4 is 5.32 Å². The van der Waals surface area contributed by atoms with Gasteiger partial charge in [-0.3, -0.25) is 4.79 Å². The van der Waals surface area contributed by atoms with E-state index in [4.69, 9.17) is 23.7 Å². The third-order valence-corrected chi connectivity index (χ3v) is 8.60. The molecule has 0 spiro atoms. The summed E-state index contributed by atoms with van der Waals surface area (Å²) in [4.78, 5) is 12.5. The van der Waals surface area contributed by atoms with Crippen molar-refractivity contribution in [2.24, 2.45) is 0 Å². The predicted molar refractivity (Wildman–Crippen MR) is 172 cm³/mol. The minimum atomic E-state index is -1.64. The van der Waals surface area contributed by atoms with E-state index in [1.165, 1.54) is 6.92 Å². The van der Waals surface area contributed by atoms with E-state index in [0.717, 1.165) is 22.3 Å². The number of benzene rings is 4. The van der Waals surface area contributed by atoms with E-state index in [-0.39, 0.29) is 13.2 Å². The monoisotopic (exact) mass is 623 g/mol. The Bertz CT molecular complexity index is 1500. The van der Waals surface area contributed by atoms with Crippen LogP contribution >= 0.6 is 0 Å². The summed E-state index contributed by atoms with van der Waals surface area (Å²) >= 11 is 0. The maximum Gasteiger partial charge on any atom is 0.254 e. The van der Waals surface area contributed by atoms with Crippen molar-refractivity contribution in [3.63, 3.8) is 0 Å². The maximum atomic E-state index is 12.5. The van der Waals surface area contributed by atoms with Crippen molar-refractivity contribution < 1.29 is 33.6 Å². The van der Waals surface area contributed by atoms with Gasteiger partial charge in [-0.05, 0) is 29.2 Å². The van der Waals surface area contributed by atoms with Crippen molar-refractivity contribution in [3.8, 4) is 0 Å². The third kappa shape index (κ3) is 7.73. The first kappa shape index (κ1) is 32.1. The van der Waals surface area contributed by atoms with Crippen LogP contribution in [0, 0.1) is 0 Å². The topological polar surface area (TPSA) is 95.5 Å². The second-order valence-corrected chi connectivity index (χ2v) is 12.0. The number of carbonyl (C=O) groups excluding carboxylic acids is 1. The number of nitrogens with one attached hydrogen (secondary N) is 1. The molecular formula is C38H41NO7. The van der Waals surface area contributed by atoms with Crippen LogP contribution in [-0.2, 0) is 54.9 Å². The Balaban J connectivity index is 1.32. The molecule has 0 aliphatic carbocycles. The van der Waals surface area contributed by atoms with Crippen LogP contribution in [0.15, 0.2) is 121 Å². The molecule has 2 heterocycles. The van der Waals surface area contributed by atoms with Crippen LogP contribution in [-0.4, -0.2) is 59.8 Å². The van der Waals surface area contributed by atoms with Crippen LogP contribution in [0.3, 0.4) is 0 Å². The second kappa shape index (κ2) is 15.1. The van der Waals surface area contributed by atoms with Crippen molar-refractivity contribution in [1.29, 1.82) is 0 Å². The Morgan fingerprint density at radius 2 is 1.04 bits per heavy atom. The van der Waals surface area contributed by atoms with E-state index in [9.17, 15) is 9.90 Å². The van der Waals surface area contributed by atoms with Crippen LogP contribution in [0.5, 0.6) is 0 Å². The van der Waals surface area contributed by atoms with Crippen LogP contribution in [0.1, 0.15) is 29.2 Å². The van der Waals surface area contributed by atoms with Gasteiger partial charge in [-0.2, -0.15) is 0 Å². The highest BCUT2D eigenvalue weighted by atomic mass is 16.6. The third-order valence-electron chi connectivity index (χ3n) is 8.60. The predicted octanol–water partition coefficient (Wildman–Crippen LogP) is 4.98. The minimum Gasteiger partial charge on any atom is -0.378 e. The molecular weight excluding hydrogens is 582 g/mol. The number of β-lactam (4-membered cyclic amide) rings is 1. The van der Waals surface area contributed by atoms with Gasteiger partial charge < -0.3 is 34.1 Å². The fourth-order valence-electron chi connectivity index (χ4n) is 5.99. The van der Waals surface area contributed by atoms with Gasteiger partial charge in [0.25, 0.3) is 5.91 Å². The van der Waals surface area contributed by atoms with E-state index in [2.05, 4.69) is 5.32 Å². The number of hydrogen-bond acceptors (Lipinski definition) is 7. The number of hydrogen-bond donors (Lipinski definition) is 2. The molecule has 46 heavy (non-hydrogen) atoms. The molecule has 2 aliphatic heterocycles. The van der Waals surface area contributed by atoms with Crippen LogP contribution in [0.2, 0.25) is 0 Å². The van der Waals surface area contributed by atoms with Gasteiger partial charge in [0.2, 0.25) is 0 Å². The first-order chi connectivity index (χ1) is 22.5. The van der Waals surface area contributed by atoms with Gasteiger partial charge in [0.15, 0.2) is 5.60 Å².